The van der Waals surface area contributed by atoms with Crippen LogP contribution in [0.1, 0.15) is 19.4 Å². The normalized spacial score (nSPS) is 12.7. The molecule has 0 atom stereocenters. The van der Waals surface area contributed by atoms with Gasteiger partial charge in [0, 0.05) is 5.56 Å². The van der Waals surface area contributed by atoms with Gasteiger partial charge in [-0.2, -0.15) is 0 Å². The third kappa shape index (κ3) is 3.40. The Bertz CT molecular complexity index is 409. The standard InChI is InChI=1S/C11H15NO4P/c1-3-15-17(14,16-4-2)11(12-13)10-8-6-5-7-9-10/h5-9H,3-4H2,1-2H3/b12-11+. The van der Waals surface area contributed by atoms with Gasteiger partial charge >= 0.3 is 7.60 Å². The van der Waals surface area contributed by atoms with E-state index in [9.17, 15) is 9.77 Å². The van der Waals surface area contributed by atoms with E-state index in [-0.39, 0.29) is 18.7 Å². The molecule has 0 aromatic heterocycles. The molecule has 0 amide bonds. The molecule has 0 aliphatic heterocycles. The van der Waals surface area contributed by atoms with Crippen molar-refractivity contribution in [3.05, 3.63) is 35.9 Å². The topological polar surface area (TPSA) is 67.8 Å². The molecule has 0 bridgehead atoms. The number of rotatable bonds is 6. The molecular formula is C11H15NO4P. The van der Waals surface area contributed by atoms with Crippen LogP contribution in [0.25, 0.3) is 0 Å². The summed E-state index contributed by atoms with van der Waals surface area (Å²) in [6, 6.07) is 8.52. The molecule has 1 radical (unpaired) electrons. The molecule has 6 heteroatoms. The zero-order valence-corrected chi connectivity index (χ0v) is 10.7. The van der Waals surface area contributed by atoms with Crippen molar-refractivity contribution in [3.63, 3.8) is 0 Å². The van der Waals surface area contributed by atoms with Crippen molar-refractivity contribution in [1.82, 2.24) is 0 Å². The van der Waals surface area contributed by atoms with Gasteiger partial charge in [-0.3, -0.25) is 4.57 Å². The van der Waals surface area contributed by atoms with Crippen molar-refractivity contribution in [3.8, 4) is 0 Å². The lowest BCUT2D eigenvalue weighted by Gasteiger charge is -2.17. The Morgan fingerprint density at radius 3 is 2.12 bits per heavy atom. The third-order valence-electron chi connectivity index (χ3n) is 1.98. The minimum Gasteiger partial charge on any atom is -0.304 e. The second-order valence-corrected chi connectivity index (χ2v) is 5.05. The molecule has 0 heterocycles. The Morgan fingerprint density at radius 1 is 1.18 bits per heavy atom. The predicted molar refractivity (Wildman–Crippen MR) is 64.5 cm³/mol. The summed E-state index contributed by atoms with van der Waals surface area (Å²) in [6.45, 7) is 3.73. The maximum absolute atomic E-state index is 12.4. The number of hydrogen-bond acceptors (Lipinski definition) is 4. The van der Waals surface area contributed by atoms with Crippen LogP contribution in [0.5, 0.6) is 0 Å². The van der Waals surface area contributed by atoms with E-state index >= 15 is 0 Å². The lowest BCUT2D eigenvalue weighted by atomic mass is 10.2. The molecule has 0 unspecified atom stereocenters. The molecule has 0 aliphatic carbocycles. The lowest BCUT2D eigenvalue weighted by Crippen LogP contribution is -2.08. The highest BCUT2D eigenvalue weighted by atomic mass is 31.2. The summed E-state index contributed by atoms with van der Waals surface area (Å²) in [6.07, 6.45) is 0. The van der Waals surface area contributed by atoms with Crippen molar-refractivity contribution in [2.45, 2.75) is 13.8 Å². The van der Waals surface area contributed by atoms with Gasteiger partial charge in [-0.1, -0.05) is 30.3 Å². The highest BCUT2D eigenvalue weighted by molar-refractivity contribution is 7.73. The van der Waals surface area contributed by atoms with Crippen LogP contribution in [0.15, 0.2) is 35.5 Å². The molecule has 0 fully saturated rings. The van der Waals surface area contributed by atoms with Crippen molar-refractivity contribution in [2.75, 3.05) is 13.2 Å². The third-order valence-corrected chi connectivity index (χ3v) is 4.03. The van der Waals surface area contributed by atoms with Crippen molar-refractivity contribution < 1.29 is 18.8 Å². The average Bonchev–Trinajstić information content (AvgIpc) is 2.31. The summed E-state index contributed by atoms with van der Waals surface area (Å²) in [5, 5.41) is 13.7. The maximum Gasteiger partial charge on any atom is 0.383 e. The zero-order chi connectivity index (χ0) is 12.7. The van der Waals surface area contributed by atoms with Gasteiger partial charge in [0.05, 0.1) is 13.2 Å². The monoisotopic (exact) mass is 256 g/mol. The average molecular weight is 256 g/mol. The molecule has 0 aliphatic rings. The first-order valence-corrected chi connectivity index (χ1v) is 6.87. The smallest absolute Gasteiger partial charge is 0.304 e. The quantitative estimate of drug-likeness (QED) is 0.446. The number of benzene rings is 1. The fourth-order valence-corrected chi connectivity index (χ4v) is 2.91. The number of hydrogen-bond donors (Lipinski definition) is 0. The van der Waals surface area contributed by atoms with Crippen LogP contribution in [0.4, 0.5) is 0 Å². The fraction of sp³-hybridized carbons (Fsp3) is 0.364. The van der Waals surface area contributed by atoms with Crippen LogP contribution in [0, 0.1) is 0 Å². The first-order chi connectivity index (χ1) is 8.18. The van der Waals surface area contributed by atoms with E-state index < -0.39 is 7.60 Å². The van der Waals surface area contributed by atoms with E-state index in [0.29, 0.717) is 5.56 Å². The molecule has 1 aromatic rings. The lowest BCUT2D eigenvalue weighted by molar-refractivity contribution is 0.204. The van der Waals surface area contributed by atoms with Gasteiger partial charge in [-0.05, 0) is 19.0 Å². The summed E-state index contributed by atoms with van der Waals surface area (Å²) in [5.74, 6) is 0. The predicted octanol–water partition coefficient (Wildman–Crippen LogP) is 3.04. The summed E-state index contributed by atoms with van der Waals surface area (Å²) in [7, 11) is -3.61. The molecule has 0 saturated heterocycles. The first kappa shape index (κ1) is 13.9. The van der Waals surface area contributed by atoms with Gasteiger partial charge in [0.1, 0.15) is 0 Å². The molecular weight excluding hydrogens is 241 g/mol. The highest BCUT2D eigenvalue weighted by Crippen LogP contribution is 2.51. The van der Waals surface area contributed by atoms with Crippen LogP contribution >= 0.6 is 7.60 Å². The minimum absolute atomic E-state index is 0.179. The highest BCUT2D eigenvalue weighted by Gasteiger charge is 2.33. The van der Waals surface area contributed by atoms with E-state index in [2.05, 4.69) is 5.16 Å². The van der Waals surface area contributed by atoms with Gasteiger partial charge < -0.3 is 9.05 Å². The van der Waals surface area contributed by atoms with Gasteiger partial charge in [0.25, 0.3) is 0 Å². The SMILES string of the molecule is CCOP(=O)(OCC)/C(=N/[O])c1ccccc1. The number of nitrogens with zero attached hydrogens (tertiary/aromatic N) is 1. The Morgan fingerprint density at radius 2 is 1.71 bits per heavy atom. The zero-order valence-electron chi connectivity index (χ0n) is 9.83. The summed E-state index contributed by atoms with van der Waals surface area (Å²) < 4.78 is 22.5. The van der Waals surface area contributed by atoms with Gasteiger partial charge in [0.15, 0.2) is 0 Å². The molecule has 93 valence electrons. The Hall–Kier alpha value is -1.16. The minimum atomic E-state index is -3.61. The van der Waals surface area contributed by atoms with Gasteiger partial charge in [0.2, 0.25) is 5.45 Å². The Balaban J connectivity index is 3.12. The summed E-state index contributed by atoms with van der Waals surface area (Å²) in [5.41, 5.74) is 0.273. The molecule has 1 rings (SSSR count). The fourth-order valence-electron chi connectivity index (χ4n) is 1.35. The van der Waals surface area contributed by atoms with E-state index in [4.69, 9.17) is 9.05 Å². The molecule has 5 nitrogen and oxygen atoms in total. The maximum atomic E-state index is 12.4. The van der Waals surface area contributed by atoms with E-state index in [1.165, 1.54) is 0 Å². The first-order valence-electron chi connectivity index (χ1n) is 5.33. The van der Waals surface area contributed by atoms with E-state index in [1.807, 2.05) is 0 Å². The van der Waals surface area contributed by atoms with E-state index in [0.717, 1.165) is 0 Å². The van der Waals surface area contributed by atoms with E-state index in [1.54, 1.807) is 44.2 Å². The molecule has 17 heavy (non-hydrogen) atoms. The van der Waals surface area contributed by atoms with Crippen LogP contribution in [-0.4, -0.2) is 18.7 Å². The van der Waals surface area contributed by atoms with Crippen molar-refractivity contribution >= 4 is 13.0 Å². The molecule has 0 saturated carbocycles. The Labute approximate surface area is 101 Å². The molecule has 1 aromatic carbocycles. The summed E-state index contributed by atoms with van der Waals surface area (Å²) in [4.78, 5) is 0. The van der Waals surface area contributed by atoms with Crippen LogP contribution in [-0.2, 0) is 18.8 Å². The van der Waals surface area contributed by atoms with Crippen LogP contribution in [0.2, 0.25) is 0 Å². The van der Waals surface area contributed by atoms with Crippen molar-refractivity contribution in [1.29, 1.82) is 0 Å². The van der Waals surface area contributed by atoms with Crippen LogP contribution < -0.4 is 0 Å². The second kappa shape index (κ2) is 6.55. The van der Waals surface area contributed by atoms with Crippen LogP contribution in [0.3, 0.4) is 0 Å². The van der Waals surface area contributed by atoms with Gasteiger partial charge in [-0.15, -0.1) is 5.21 Å². The molecule has 0 N–H and O–H groups in total. The Kier molecular flexibility index (Phi) is 5.35. The second-order valence-electron chi connectivity index (χ2n) is 3.11. The van der Waals surface area contributed by atoms with Gasteiger partial charge in [-0.25, -0.2) is 0 Å². The van der Waals surface area contributed by atoms with Crippen molar-refractivity contribution in [2.24, 2.45) is 5.16 Å². The summed E-state index contributed by atoms with van der Waals surface area (Å²) >= 11 is 0. The largest absolute Gasteiger partial charge is 0.383 e. The molecule has 0 spiro atoms.